The normalized spacial score (nSPS) is 14.0. The van der Waals surface area contributed by atoms with Gasteiger partial charge in [-0.3, -0.25) is 14.9 Å². The molecule has 2 aromatic carbocycles. The summed E-state index contributed by atoms with van der Waals surface area (Å²) in [5, 5.41) is 23.1. The van der Waals surface area contributed by atoms with Crippen molar-refractivity contribution in [3.8, 4) is 5.69 Å². The van der Waals surface area contributed by atoms with Crippen LogP contribution in [0.3, 0.4) is 0 Å². The monoisotopic (exact) mass is 425 g/mol. The number of hydrogen-bond donors (Lipinski definition) is 0. The first-order valence-corrected chi connectivity index (χ1v) is 10.3. The molecule has 0 atom stereocenters. The summed E-state index contributed by atoms with van der Waals surface area (Å²) in [6, 6.07) is 16.0. The van der Waals surface area contributed by atoms with Crippen LogP contribution in [0.5, 0.6) is 0 Å². The van der Waals surface area contributed by atoms with E-state index in [1.807, 2.05) is 35.2 Å². The van der Waals surface area contributed by atoms with Gasteiger partial charge in [0.1, 0.15) is 0 Å². The van der Waals surface area contributed by atoms with Gasteiger partial charge in [0.05, 0.1) is 16.4 Å². The molecule has 1 fully saturated rings. The molecule has 2 heterocycles. The van der Waals surface area contributed by atoms with Gasteiger partial charge < -0.3 is 9.80 Å². The van der Waals surface area contributed by atoms with E-state index in [2.05, 4.69) is 20.4 Å². The molecule has 1 aliphatic rings. The number of nitro benzene ring substituents is 1. The molecule has 1 saturated heterocycles. The first-order chi connectivity index (χ1) is 14.6. The summed E-state index contributed by atoms with van der Waals surface area (Å²) >= 11 is 1.31. The van der Waals surface area contributed by atoms with Crippen LogP contribution in [0.2, 0.25) is 0 Å². The quantitative estimate of drug-likeness (QED) is 0.335. The number of thioether (sulfide) groups is 1. The van der Waals surface area contributed by atoms with Crippen LogP contribution in [0, 0.1) is 10.1 Å². The number of para-hydroxylation sites is 1. The highest BCUT2D eigenvalue weighted by Crippen LogP contribution is 2.22. The molecule has 0 N–H and O–H groups in total. The molecule has 4 rings (SSSR count). The van der Waals surface area contributed by atoms with Crippen molar-refractivity contribution in [1.82, 2.24) is 25.1 Å². The number of tetrazole rings is 1. The number of nitro groups is 1. The van der Waals surface area contributed by atoms with E-state index in [4.69, 9.17) is 0 Å². The summed E-state index contributed by atoms with van der Waals surface area (Å²) < 4.78 is 1.62. The number of hydrogen-bond acceptors (Lipinski definition) is 8. The molecule has 1 aliphatic heterocycles. The minimum atomic E-state index is -0.411. The molecule has 154 valence electrons. The van der Waals surface area contributed by atoms with Crippen molar-refractivity contribution < 1.29 is 9.72 Å². The minimum absolute atomic E-state index is 0.0333. The maximum atomic E-state index is 12.6. The molecule has 3 aromatic rings. The van der Waals surface area contributed by atoms with Crippen molar-refractivity contribution in [3.05, 3.63) is 64.7 Å². The molecule has 30 heavy (non-hydrogen) atoms. The third-order valence-corrected chi connectivity index (χ3v) is 5.73. The number of carbonyl (C=O) groups excluding carboxylic acids is 1. The zero-order valence-corrected chi connectivity index (χ0v) is 16.8. The zero-order chi connectivity index (χ0) is 20.9. The molecule has 0 radical (unpaired) electrons. The molecule has 10 nitrogen and oxygen atoms in total. The highest BCUT2D eigenvalue weighted by molar-refractivity contribution is 7.99. The van der Waals surface area contributed by atoms with E-state index >= 15 is 0 Å². The zero-order valence-electron chi connectivity index (χ0n) is 16.0. The van der Waals surface area contributed by atoms with Gasteiger partial charge in [-0.15, -0.1) is 5.10 Å². The van der Waals surface area contributed by atoms with Gasteiger partial charge >= 0.3 is 0 Å². The lowest BCUT2D eigenvalue weighted by atomic mass is 10.2. The summed E-state index contributed by atoms with van der Waals surface area (Å²) in [5.74, 6) is 0.288. The van der Waals surface area contributed by atoms with Crippen LogP contribution in [0.15, 0.2) is 59.8 Å². The maximum Gasteiger partial charge on any atom is 0.269 e. The Labute approximate surface area is 176 Å². The fraction of sp³-hybridized carbons (Fsp3) is 0.263. The van der Waals surface area contributed by atoms with Crippen molar-refractivity contribution in [2.45, 2.75) is 5.16 Å². The summed E-state index contributed by atoms with van der Waals surface area (Å²) in [4.78, 5) is 27.0. The van der Waals surface area contributed by atoms with Crippen LogP contribution in [-0.2, 0) is 4.79 Å². The first-order valence-electron chi connectivity index (χ1n) is 9.35. The lowest BCUT2D eigenvalue weighted by molar-refractivity contribution is -0.384. The minimum Gasteiger partial charge on any atom is -0.368 e. The van der Waals surface area contributed by atoms with E-state index in [1.165, 1.54) is 23.9 Å². The van der Waals surface area contributed by atoms with E-state index in [9.17, 15) is 14.9 Å². The van der Waals surface area contributed by atoms with Gasteiger partial charge in [0, 0.05) is 44.0 Å². The van der Waals surface area contributed by atoms with Crippen LogP contribution in [-0.4, -0.2) is 67.9 Å². The second kappa shape index (κ2) is 8.91. The Kier molecular flexibility index (Phi) is 5.89. The molecule has 0 bridgehead atoms. The molecular weight excluding hydrogens is 406 g/mol. The Balaban J connectivity index is 1.30. The Bertz CT molecular complexity index is 1020. The Morgan fingerprint density at radius 3 is 2.37 bits per heavy atom. The van der Waals surface area contributed by atoms with E-state index in [0.29, 0.717) is 31.3 Å². The smallest absolute Gasteiger partial charge is 0.269 e. The molecule has 0 spiro atoms. The Morgan fingerprint density at radius 1 is 1.00 bits per heavy atom. The average Bonchev–Trinajstić information content (AvgIpc) is 3.27. The van der Waals surface area contributed by atoms with Crippen molar-refractivity contribution in [2.24, 2.45) is 0 Å². The molecule has 11 heteroatoms. The van der Waals surface area contributed by atoms with Crippen molar-refractivity contribution in [3.63, 3.8) is 0 Å². The van der Waals surface area contributed by atoms with E-state index in [1.54, 1.807) is 16.8 Å². The first kappa shape index (κ1) is 19.8. The number of rotatable bonds is 6. The third-order valence-electron chi connectivity index (χ3n) is 4.82. The van der Waals surface area contributed by atoms with Gasteiger partial charge in [0.15, 0.2) is 0 Å². The lowest BCUT2D eigenvalue weighted by Gasteiger charge is -2.36. The van der Waals surface area contributed by atoms with Crippen LogP contribution >= 0.6 is 11.8 Å². The van der Waals surface area contributed by atoms with Gasteiger partial charge in [0.25, 0.3) is 5.69 Å². The highest BCUT2D eigenvalue weighted by Gasteiger charge is 2.22. The van der Waals surface area contributed by atoms with Crippen molar-refractivity contribution in [1.29, 1.82) is 0 Å². The summed E-state index contributed by atoms with van der Waals surface area (Å²) in [5.41, 5.74) is 1.83. The fourth-order valence-electron chi connectivity index (χ4n) is 3.22. The predicted octanol–water partition coefficient (Wildman–Crippen LogP) is 2.01. The van der Waals surface area contributed by atoms with Gasteiger partial charge in [-0.25, -0.2) is 0 Å². The number of benzene rings is 2. The number of nitrogens with zero attached hydrogens (tertiary/aromatic N) is 7. The number of carbonyl (C=O) groups is 1. The molecule has 0 unspecified atom stereocenters. The molecular formula is C19H19N7O3S. The summed E-state index contributed by atoms with van der Waals surface area (Å²) in [6.45, 7) is 2.55. The lowest BCUT2D eigenvalue weighted by Crippen LogP contribution is -2.49. The number of aromatic nitrogens is 4. The van der Waals surface area contributed by atoms with E-state index < -0.39 is 4.92 Å². The highest BCUT2D eigenvalue weighted by atomic mass is 32.2. The van der Waals surface area contributed by atoms with E-state index in [-0.39, 0.29) is 17.3 Å². The number of piperazine rings is 1. The largest absolute Gasteiger partial charge is 0.368 e. The van der Waals surface area contributed by atoms with Gasteiger partial charge in [-0.1, -0.05) is 30.0 Å². The topological polar surface area (TPSA) is 110 Å². The standard InChI is InChI=1S/C19H19N7O3S/c27-18(14-30-19-20-21-22-25(19)16-4-2-1-3-5-16)24-12-10-23(11-13-24)15-6-8-17(9-7-15)26(28)29/h1-9H,10-14H2. The average molecular weight is 425 g/mol. The Morgan fingerprint density at radius 2 is 1.70 bits per heavy atom. The van der Waals surface area contributed by atoms with Crippen LogP contribution in [0.4, 0.5) is 11.4 Å². The van der Waals surface area contributed by atoms with Crippen molar-refractivity contribution in [2.75, 3.05) is 36.8 Å². The molecule has 0 aliphatic carbocycles. The van der Waals surface area contributed by atoms with Crippen LogP contribution in [0.1, 0.15) is 0 Å². The van der Waals surface area contributed by atoms with Gasteiger partial charge in [-0.05, 0) is 34.7 Å². The number of anilines is 1. The maximum absolute atomic E-state index is 12.6. The fourth-order valence-corrected chi connectivity index (χ4v) is 4.01. The number of amides is 1. The second-order valence-corrected chi connectivity index (χ2v) is 7.58. The molecule has 1 aromatic heterocycles. The van der Waals surface area contributed by atoms with E-state index in [0.717, 1.165) is 11.4 Å². The van der Waals surface area contributed by atoms with Gasteiger partial charge in [0.2, 0.25) is 11.1 Å². The van der Waals surface area contributed by atoms with Gasteiger partial charge in [-0.2, -0.15) is 4.68 Å². The molecule has 0 saturated carbocycles. The SMILES string of the molecule is O=C(CSc1nnnn1-c1ccccc1)N1CCN(c2ccc([N+](=O)[O-])cc2)CC1. The van der Waals surface area contributed by atoms with Crippen LogP contribution < -0.4 is 4.90 Å². The predicted molar refractivity (Wildman–Crippen MR) is 112 cm³/mol. The summed E-state index contributed by atoms with van der Waals surface area (Å²) in [6.07, 6.45) is 0. The second-order valence-electron chi connectivity index (χ2n) is 6.64. The Hall–Kier alpha value is -3.47. The van der Waals surface area contributed by atoms with Crippen LogP contribution in [0.25, 0.3) is 5.69 Å². The number of non-ortho nitro benzene ring substituents is 1. The molecule has 1 amide bonds. The summed E-state index contributed by atoms with van der Waals surface area (Å²) in [7, 11) is 0. The van der Waals surface area contributed by atoms with Crippen molar-refractivity contribution >= 4 is 29.0 Å². The third kappa shape index (κ3) is 4.40.